The molecule has 0 saturated carbocycles. The van der Waals surface area contributed by atoms with Crippen molar-refractivity contribution in [1.82, 2.24) is 9.55 Å². The maximum Gasteiger partial charge on any atom is 0.141 e. The molecule has 3 heteroatoms. The van der Waals surface area contributed by atoms with Gasteiger partial charge in [0.1, 0.15) is 5.82 Å². The first-order valence-corrected chi connectivity index (χ1v) is 11.1. The standard InChI is InChI=1S/C26H21N2P/c1-28-24-18-10-9-17-23(24)27-26(28)22-16-8-11-19-25(22)29(20-12-4-2-5-13-20)21-14-6-3-7-15-21/h2-19H,1H3. The Labute approximate surface area is 172 Å². The van der Waals surface area contributed by atoms with Gasteiger partial charge < -0.3 is 4.57 Å². The minimum Gasteiger partial charge on any atom is -0.327 e. The number of hydrogen-bond donors (Lipinski definition) is 0. The quantitative estimate of drug-likeness (QED) is 0.394. The summed E-state index contributed by atoms with van der Waals surface area (Å²) in [5.74, 6) is 1.01. The third-order valence-electron chi connectivity index (χ3n) is 5.20. The molecule has 0 aliphatic rings. The van der Waals surface area contributed by atoms with E-state index in [1.807, 2.05) is 6.07 Å². The Hall–Kier alpha value is -3.22. The number of hydrogen-bond acceptors (Lipinski definition) is 1. The lowest BCUT2D eigenvalue weighted by atomic mass is 10.2. The number of para-hydroxylation sites is 2. The van der Waals surface area contributed by atoms with Crippen molar-refractivity contribution < 1.29 is 0 Å². The van der Waals surface area contributed by atoms with Gasteiger partial charge in [-0.05, 0) is 36.0 Å². The molecule has 5 aromatic rings. The smallest absolute Gasteiger partial charge is 0.141 e. The van der Waals surface area contributed by atoms with E-state index in [1.54, 1.807) is 0 Å². The van der Waals surface area contributed by atoms with E-state index in [2.05, 4.69) is 115 Å². The number of fused-ring (bicyclic) bond motifs is 1. The number of aromatic nitrogens is 2. The van der Waals surface area contributed by atoms with Gasteiger partial charge in [-0.2, -0.15) is 0 Å². The van der Waals surface area contributed by atoms with Crippen LogP contribution in [-0.4, -0.2) is 9.55 Å². The van der Waals surface area contributed by atoms with E-state index in [-0.39, 0.29) is 0 Å². The van der Waals surface area contributed by atoms with E-state index < -0.39 is 7.92 Å². The number of benzene rings is 4. The number of imidazole rings is 1. The van der Waals surface area contributed by atoms with Crippen molar-refractivity contribution in [2.45, 2.75) is 0 Å². The lowest BCUT2D eigenvalue weighted by molar-refractivity contribution is 0.960. The van der Waals surface area contributed by atoms with Crippen LogP contribution in [0.1, 0.15) is 0 Å². The molecule has 1 aromatic heterocycles. The maximum absolute atomic E-state index is 4.99. The summed E-state index contributed by atoms with van der Waals surface area (Å²) in [6, 6.07) is 38.7. The fraction of sp³-hybridized carbons (Fsp3) is 0.0385. The van der Waals surface area contributed by atoms with Crippen molar-refractivity contribution >= 4 is 34.9 Å². The van der Waals surface area contributed by atoms with Crippen LogP contribution in [0.2, 0.25) is 0 Å². The molecule has 5 rings (SSSR count). The largest absolute Gasteiger partial charge is 0.327 e. The van der Waals surface area contributed by atoms with Gasteiger partial charge in [0.05, 0.1) is 11.0 Å². The zero-order valence-electron chi connectivity index (χ0n) is 16.2. The van der Waals surface area contributed by atoms with Crippen LogP contribution < -0.4 is 15.9 Å². The molecule has 0 fully saturated rings. The molecule has 0 radical (unpaired) electrons. The molecule has 140 valence electrons. The van der Waals surface area contributed by atoms with Crippen LogP contribution in [0.25, 0.3) is 22.4 Å². The molecule has 0 aliphatic heterocycles. The molecular weight excluding hydrogens is 371 g/mol. The summed E-state index contributed by atoms with van der Waals surface area (Å²) in [5.41, 5.74) is 3.38. The van der Waals surface area contributed by atoms with Gasteiger partial charge in [-0.25, -0.2) is 4.98 Å². The average Bonchev–Trinajstić information content (AvgIpc) is 3.12. The van der Waals surface area contributed by atoms with E-state index in [4.69, 9.17) is 4.98 Å². The SMILES string of the molecule is Cn1c(-c2ccccc2P(c2ccccc2)c2ccccc2)nc2ccccc21. The van der Waals surface area contributed by atoms with Crippen LogP contribution in [0, 0.1) is 0 Å². The van der Waals surface area contributed by atoms with Gasteiger partial charge in [-0.3, -0.25) is 0 Å². The highest BCUT2D eigenvalue weighted by Crippen LogP contribution is 2.37. The molecule has 2 nitrogen and oxygen atoms in total. The third kappa shape index (κ3) is 3.26. The second-order valence-electron chi connectivity index (χ2n) is 7.01. The van der Waals surface area contributed by atoms with E-state index >= 15 is 0 Å². The second-order valence-corrected chi connectivity index (χ2v) is 9.19. The summed E-state index contributed by atoms with van der Waals surface area (Å²) >= 11 is 0. The Morgan fingerprint density at radius 1 is 0.621 bits per heavy atom. The summed E-state index contributed by atoms with van der Waals surface area (Å²) in [7, 11) is 1.42. The Balaban J connectivity index is 1.76. The molecule has 0 unspecified atom stereocenters. The van der Waals surface area contributed by atoms with Gasteiger partial charge in [0.2, 0.25) is 0 Å². The minimum atomic E-state index is -0.685. The Morgan fingerprint density at radius 3 is 1.83 bits per heavy atom. The van der Waals surface area contributed by atoms with Crippen molar-refractivity contribution in [3.05, 3.63) is 109 Å². The maximum atomic E-state index is 4.99. The predicted octanol–water partition coefficient (Wildman–Crippen LogP) is 5.00. The minimum absolute atomic E-state index is 0.685. The van der Waals surface area contributed by atoms with Gasteiger partial charge in [0.15, 0.2) is 0 Å². The molecule has 0 bridgehead atoms. The van der Waals surface area contributed by atoms with Gasteiger partial charge in [-0.15, -0.1) is 0 Å². The van der Waals surface area contributed by atoms with Crippen molar-refractivity contribution in [3.8, 4) is 11.4 Å². The molecule has 1 heterocycles. The zero-order valence-corrected chi connectivity index (χ0v) is 17.1. The molecule has 0 N–H and O–H groups in total. The molecule has 29 heavy (non-hydrogen) atoms. The second kappa shape index (κ2) is 7.66. The molecule has 0 spiro atoms. The van der Waals surface area contributed by atoms with Crippen LogP contribution in [0.3, 0.4) is 0 Å². The average molecular weight is 392 g/mol. The van der Waals surface area contributed by atoms with Crippen molar-refractivity contribution in [2.24, 2.45) is 7.05 Å². The lowest BCUT2D eigenvalue weighted by Gasteiger charge is -2.22. The van der Waals surface area contributed by atoms with E-state index in [9.17, 15) is 0 Å². The number of rotatable bonds is 4. The van der Waals surface area contributed by atoms with Crippen molar-refractivity contribution in [1.29, 1.82) is 0 Å². The van der Waals surface area contributed by atoms with Crippen molar-refractivity contribution in [3.63, 3.8) is 0 Å². The van der Waals surface area contributed by atoms with E-state index in [1.165, 1.54) is 21.5 Å². The third-order valence-corrected chi connectivity index (χ3v) is 7.70. The Kier molecular flexibility index (Phi) is 4.71. The van der Waals surface area contributed by atoms with Crippen LogP contribution in [0.4, 0.5) is 0 Å². The topological polar surface area (TPSA) is 17.8 Å². The lowest BCUT2D eigenvalue weighted by Crippen LogP contribution is -2.22. The van der Waals surface area contributed by atoms with E-state index in [0.29, 0.717) is 0 Å². The zero-order chi connectivity index (χ0) is 19.6. The molecular formula is C26H21N2P. The predicted molar refractivity (Wildman–Crippen MR) is 125 cm³/mol. The highest BCUT2D eigenvalue weighted by Gasteiger charge is 2.22. The monoisotopic (exact) mass is 392 g/mol. The van der Waals surface area contributed by atoms with Gasteiger partial charge in [0, 0.05) is 12.6 Å². The Bertz CT molecular complexity index is 1220. The first kappa shape index (κ1) is 17.8. The summed E-state index contributed by atoms with van der Waals surface area (Å²) in [4.78, 5) is 4.99. The summed E-state index contributed by atoms with van der Waals surface area (Å²) in [6.07, 6.45) is 0. The molecule has 4 aromatic carbocycles. The summed E-state index contributed by atoms with van der Waals surface area (Å²) in [6.45, 7) is 0. The number of aryl methyl sites for hydroxylation is 1. The normalized spacial score (nSPS) is 11.2. The number of nitrogens with zero attached hydrogens (tertiary/aromatic N) is 2. The van der Waals surface area contributed by atoms with Crippen LogP contribution in [0.15, 0.2) is 109 Å². The van der Waals surface area contributed by atoms with Crippen LogP contribution in [0.5, 0.6) is 0 Å². The van der Waals surface area contributed by atoms with E-state index in [0.717, 1.165) is 16.9 Å². The molecule has 0 aliphatic carbocycles. The van der Waals surface area contributed by atoms with Crippen LogP contribution in [-0.2, 0) is 7.05 Å². The van der Waals surface area contributed by atoms with Gasteiger partial charge >= 0.3 is 0 Å². The summed E-state index contributed by atoms with van der Waals surface area (Å²) in [5, 5.41) is 4.03. The molecule has 0 amide bonds. The molecule has 0 atom stereocenters. The first-order valence-electron chi connectivity index (χ1n) is 9.74. The Morgan fingerprint density at radius 2 is 1.17 bits per heavy atom. The van der Waals surface area contributed by atoms with Crippen LogP contribution >= 0.6 is 7.92 Å². The summed E-state index contributed by atoms with van der Waals surface area (Å²) < 4.78 is 2.21. The van der Waals surface area contributed by atoms with Crippen molar-refractivity contribution in [2.75, 3.05) is 0 Å². The van der Waals surface area contributed by atoms with Gasteiger partial charge in [0.25, 0.3) is 0 Å². The highest BCUT2D eigenvalue weighted by atomic mass is 31.1. The fourth-order valence-electron chi connectivity index (χ4n) is 3.83. The fourth-order valence-corrected chi connectivity index (χ4v) is 6.27. The highest BCUT2D eigenvalue weighted by molar-refractivity contribution is 7.80. The molecule has 0 saturated heterocycles. The van der Waals surface area contributed by atoms with Gasteiger partial charge in [-0.1, -0.05) is 97.1 Å². The first-order chi connectivity index (χ1) is 14.3.